The maximum atomic E-state index is 11.1. The Morgan fingerprint density at radius 3 is 3.00 bits per heavy atom. The van der Waals surface area contributed by atoms with Gasteiger partial charge in [0.25, 0.3) is 0 Å². The van der Waals surface area contributed by atoms with Crippen LogP contribution < -0.4 is 5.73 Å². The van der Waals surface area contributed by atoms with Crippen LogP contribution >= 0.6 is 11.3 Å². The van der Waals surface area contributed by atoms with Crippen molar-refractivity contribution in [3.8, 4) is 10.6 Å². The summed E-state index contributed by atoms with van der Waals surface area (Å²) < 4.78 is 0. The Labute approximate surface area is 83.6 Å². The average molecular weight is 206 g/mol. The van der Waals surface area contributed by atoms with Crippen LogP contribution in [-0.4, -0.2) is 21.1 Å². The second-order valence-electron chi connectivity index (χ2n) is 2.53. The fraction of sp³-hybridized carbons (Fsp3) is 0. The van der Waals surface area contributed by atoms with Crippen LogP contribution in [0, 0.1) is 0 Å². The summed E-state index contributed by atoms with van der Waals surface area (Å²) in [5, 5.41) is 8.18. The molecule has 5 nitrogen and oxygen atoms in total. The molecular weight excluding hydrogens is 200 g/mol. The van der Waals surface area contributed by atoms with Gasteiger partial charge in [0.2, 0.25) is 5.91 Å². The minimum Gasteiger partial charge on any atom is -0.366 e. The molecule has 0 aromatic carbocycles. The molecule has 0 aliphatic rings. The summed E-state index contributed by atoms with van der Waals surface area (Å²) in [6.45, 7) is 0. The Balaban J connectivity index is 2.58. The van der Waals surface area contributed by atoms with Gasteiger partial charge in [-0.25, -0.2) is 0 Å². The van der Waals surface area contributed by atoms with Crippen molar-refractivity contribution in [3.63, 3.8) is 0 Å². The van der Waals surface area contributed by atoms with Gasteiger partial charge in [-0.15, -0.1) is 10.2 Å². The highest BCUT2D eigenvalue weighted by Gasteiger charge is 2.11. The fourth-order valence-corrected chi connectivity index (χ4v) is 1.65. The van der Waals surface area contributed by atoms with Crippen LogP contribution in [0.5, 0.6) is 0 Å². The summed E-state index contributed by atoms with van der Waals surface area (Å²) in [6.07, 6.45) is 3.07. The lowest BCUT2D eigenvalue weighted by Gasteiger charge is -2.00. The van der Waals surface area contributed by atoms with E-state index in [1.807, 2.05) is 0 Å². The number of amides is 1. The molecule has 0 spiro atoms. The first-order valence-electron chi connectivity index (χ1n) is 3.79. The summed E-state index contributed by atoms with van der Waals surface area (Å²) in [5.74, 6) is -0.488. The topological polar surface area (TPSA) is 81.8 Å². The maximum Gasteiger partial charge on any atom is 0.249 e. The third-order valence-corrected chi connectivity index (χ3v) is 2.40. The van der Waals surface area contributed by atoms with Gasteiger partial charge < -0.3 is 5.73 Å². The number of carbonyl (C=O) groups is 1. The van der Waals surface area contributed by atoms with Gasteiger partial charge >= 0.3 is 0 Å². The van der Waals surface area contributed by atoms with Gasteiger partial charge in [0, 0.05) is 18.0 Å². The summed E-state index contributed by atoms with van der Waals surface area (Å²) in [5.41, 5.74) is 7.84. The Kier molecular flexibility index (Phi) is 2.19. The summed E-state index contributed by atoms with van der Waals surface area (Å²) in [4.78, 5) is 15.0. The highest BCUT2D eigenvalue weighted by atomic mass is 32.1. The van der Waals surface area contributed by atoms with Crippen molar-refractivity contribution in [2.24, 2.45) is 5.73 Å². The molecule has 6 heteroatoms. The van der Waals surface area contributed by atoms with Crippen molar-refractivity contribution in [2.45, 2.75) is 0 Å². The number of rotatable bonds is 2. The zero-order chi connectivity index (χ0) is 9.97. The molecule has 0 bridgehead atoms. The standard InChI is InChI=1S/C8H6N4OS/c9-7(13)5-1-2-10-3-6(5)8-12-11-4-14-8/h1-4H,(H2,9,13). The maximum absolute atomic E-state index is 11.1. The predicted octanol–water partition coefficient (Wildman–Crippen LogP) is 0.699. The SMILES string of the molecule is NC(=O)c1ccncc1-c1nncs1. The van der Waals surface area contributed by atoms with Crippen LogP contribution in [-0.2, 0) is 0 Å². The Morgan fingerprint density at radius 2 is 2.36 bits per heavy atom. The van der Waals surface area contributed by atoms with Crippen LogP contribution in [0.25, 0.3) is 10.6 Å². The van der Waals surface area contributed by atoms with Gasteiger partial charge in [-0.3, -0.25) is 9.78 Å². The van der Waals surface area contributed by atoms with Crippen molar-refractivity contribution in [3.05, 3.63) is 29.5 Å². The molecule has 70 valence electrons. The predicted molar refractivity (Wildman–Crippen MR) is 51.7 cm³/mol. The molecule has 2 aromatic rings. The summed E-state index contributed by atoms with van der Waals surface area (Å²) in [6, 6.07) is 1.57. The first-order chi connectivity index (χ1) is 6.79. The van der Waals surface area contributed by atoms with Crippen molar-refractivity contribution in [1.82, 2.24) is 15.2 Å². The molecule has 0 unspecified atom stereocenters. The zero-order valence-corrected chi connectivity index (χ0v) is 7.86. The van der Waals surface area contributed by atoms with Gasteiger partial charge in [0.1, 0.15) is 10.5 Å². The second-order valence-corrected chi connectivity index (χ2v) is 3.36. The number of nitrogens with zero attached hydrogens (tertiary/aromatic N) is 3. The average Bonchev–Trinajstić information content (AvgIpc) is 2.70. The quantitative estimate of drug-likeness (QED) is 0.784. The van der Waals surface area contributed by atoms with E-state index in [-0.39, 0.29) is 0 Å². The minimum atomic E-state index is -0.488. The van der Waals surface area contributed by atoms with Crippen LogP contribution in [0.15, 0.2) is 24.0 Å². The van der Waals surface area contributed by atoms with Crippen molar-refractivity contribution >= 4 is 17.2 Å². The van der Waals surface area contributed by atoms with Crippen molar-refractivity contribution in [1.29, 1.82) is 0 Å². The molecule has 0 radical (unpaired) electrons. The van der Waals surface area contributed by atoms with Crippen LogP contribution in [0.2, 0.25) is 0 Å². The fourth-order valence-electron chi connectivity index (χ4n) is 1.07. The number of hydrogen-bond donors (Lipinski definition) is 1. The summed E-state index contributed by atoms with van der Waals surface area (Å²) >= 11 is 1.34. The number of pyridine rings is 1. The number of aromatic nitrogens is 3. The monoisotopic (exact) mass is 206 g/mol. The van der Waals surface area contributed by atoms with Gasteiger partial charge in [0.15, 0.2) is 0 Å². The third kappa shape index (κ3) is 1.47. The molecule has 2 N–H and O–H groups in total. The van der Waals surface area contributed by atoms with E-state index in [0.29, 0.717) is 16.1 Å². The van der Waals surface area contributed by atoms with E-state index in [0.717, 1.165) is 0 Å². The molecule has 0 saturated heterocycles. The third-order valence-electron chi connectivity index (χ3n) is 1.68. The smallest absolute Gasteiger partial charge is 0.249 e. The highest BCUT2D eigenvalue weighted by molar-refractivity contribution is 7.12. The minimum absolute atomic E-state index is 0.414. The Hall–Kier alpha value is -1.82. The van der Waals surface area contributed by atoms with E-state index in [1.54, 1.807) is 17.8 Å². The van der Waals surface area contributed by atoms with Crippen molar-refractivity contribution < 1.29 is 4.79 Å². The lowest BCUT2D eigenvalue weighted by atomic mass is 10.1. The second kappa shape index (κ2) is 3.51. The van der Waals surface area contributed by atoms with Crippen molar-refractivity contribution in [2.75, 3.05) is 0 Å². The molecule has 0 saturated carbocycles. The normalized spacial score (nSPS) is 10.0. The number of hydrogen-bond acceptors (Lipinski definition) is 5. The Morgan fingerprint density at radius 1 is 1.50 bits per heavy atom. The number of carbonyl (C=O) groups excluding carboxylic acids is 1. The largest absolute Gasteiger partial charge is 0.366 e. The molecule has 2 aromatic heterocycles. The van der Waals surface area contributed by atoms with Gasteiger partial charge in [-0.2, -0.15) is 0 Å². The molecule has 0 aliphatic carbocycles. The van der Waals surface area contributed by atoms with E-state index >= 15 is 0 Å². The van der Waals surface area contributed by atoms with Gasteiger partial charge in [0.05, 0.1) is 5.56 Å². The van der Waals surface area contributed by atoms with Crippen LogP contribution in [0.1, 0.15) is 10.4 Å². The van der Waals surface area contributed by atoms with Gasteiger partial charge in [-0.05, 0) is 6.07 Å². The zero-order valence-electron chi connectivity index (χ0n) is 7.04. The van der Waals surface area contributed by atoms with E-state index in [1.165, 1.54) is 17.5 Å². The molecule has 2 rings (SSSR count). The molecule has 2 heterocycles. The summed E-state index contributed by atoms with van der Waals surface area (Å²) in [7, 11) is 0. The lowest BCUT2D eigenvalue weighted by molar-refractivity contribution is 0.100. The lowest BCUT2D eigenvalue weighted by Crippen LogP contribution is -2.12. The molecule has 0 aliphatic heterocycles. The molecule has 0 atom stereocenters. The van der Waals surface area contributed by atoms with Crippen LogP contribution in [0.4, 0.5) is 0 Å². The molecule has 0 fully saturated rings. The molecule has 1 amide bonds. The number of primary amides is 1. The van der Waals surface area contributed by atoms with E-state index in [9.17, 15) is 4.79 Å². The van der Waals surface area contributed by atoms with Crippen LogP contribution in [0.3, 0.4) is 0 Å². The van der Waals surface area contributed by atoms with E-state index in [4.69, 9.17) is 5.73 Å². The molecule has 14 heavy (non-hydrogen) atoms. The van der Waals surface area contributed by atoms with E-state index < -0.39 is 5.91 Å². The highest BCUT2D eigenvalue weighted by Crippen LogP contribution is 2.23. The number of nitrogens with two attached hydrogens (primary N) is 1. The van der Waals surface area contributed by atoms with Gasteiger partial charge in [-0.1, -0.05) is 11.3 Å². The Bertz CT molecular complexity index is 454. The first-order valence-corrected chi connectivity index (χ1v) is 4.67. The molecular formula is C8H6N4OS. The first kappa shape index (κ1) is 8.76. The van der Waals surface area contributed by atoms with E-state index in [2.05, 4.69) is 15.2 Å².